The molecule has 1 aliphatic rings. The maximum atomic E-state index is 11.4. The lowest BCUT2D eigenvalue weighted by Crippen LogP contribution is -2.37. The summed E-state index contributed by atoms with van der Waals surface area (Å²) in [5.41, 5.74) is 1.90. The lowest BCUT2D eigenvalue weighted by atomic mass is 9.92. The summed E-state index contributed by atoms with van der Waals surface area (Å²) in [6.45, 7) is 6.63. The number of carboxylic acids is 1. The predicted octanol–water partition coefficient (Wildman–Crippen LogP) is 4.17. The van der Waals surface area contributed by atoms with Gasteiger partial charge < -0.3 is 10.0 Å². The molecule has 2 aromatic rings. The Morgan fingerprint density at radius 3 is 2.57 bits per heavy atom. The van der Waals surface area contributed by atoms with E-state index in [2.05, 4.69) is 18.7 Å². The monoisotopic (exact) mass is 332 g/mol. The SMILES string of the molecule is CC(C)N1CCC(c2ccc3c(C(=O)O)c(Cl)ccc3n2)CC1. The second-order valence-corrected chi connectivity index (χ2v) is 6.84. The van der Waals surface area contributed by atoms with Gasteiger partial charge in [-0.3, -0.25) is 4.98 Å². The van der Waals surface area contributed by atoms with E-state index in [1.165, 1.54) is 0 Å². The highest BCUT2D eigenvalue weighted by Gasteiger charge is 2.23. The number of piperidine rings is 1. The molecule has 0 saturated carbocycles. The summed E-state index contributed by atoms with van der Waals surface area (Å²) in [5, 5.41) is 10.2. The van der Waals surface area contributed by atoms with Crippen LogP contribution in [0.25, 0.3) is 10.9 Å². The number of hydrogen-bond acceptors (Lipinski definition) is 3. The van der Waals surface area contributed by atoms with E-state index in [1.54, 1.807) is 12.1 Å². The van der Waals surface area contributed by atoms with Crippen LogP contribution < -0.4 is 0 Å². The van der Waals surface area contributed by atoms with E-state index < -0.39 is 5.97 Å². The van der Waals surface area contributed by atoms with Crippen LogP contribution in [-0.2, 0) is 0 Å². The molecule has 1 saturated heterocycles. The molecule has 0 radical (unpaired) electrons. The molecule has 5 heteroatoms. The Morgan fingerprint density at radius 2 is 1.96 bits per heavy atom. The fourth-order valence-corrected chi connectivity index (χ4v) is 3.60. The Hall–Kier alpha value is -1.65. The van der Waals surface area contributed by atoms with Crippen LogP contribution in [0.1, 0.15) is 48.7 Å². The molecule has 2 heterocycles. The predicted molar refractivity (Wildman–Crippen MR) is 92.4 cm³/mol. The van der Waals surface area contributed by atoms with Crippen LogP contribution in [0.4, 0.5) is 0 Å². The first-order valence-electron chi connectivity index (χ1n) is 8.04. The third-order valence-corrected chi connectivity index (χ3v) is 5.05. The first-order chi connectivity index (χ1) is 11.0. The molecular weight excluding hydrogens is 312 g/mol. The van der Waals surface area contributed by atoms with Gasteiger partial charge in [-0.1, -0.05) is 17.7 Å². The summed E-state index contributed by atoms with van der Waals surface area (Å²) >= 11 is 6.02. The first kappa shape index (κ1) is 16.2. The summed E-state index contributed by atoms with van der Waals surface area (Å²) in [5.74, 6) is -0.571. The van der Waals surface area contributed by atoms with E-state index in [0.717, 1.165) is 31.6 Å². The van der Waals surface area contributed by atoms with E-state index in [-0.39, 0.29) is 10.6 Å². The van der Waals surface area contributed by atoms with Crippen molar-refractivity contribution in [1.29, 1.82) is 0 Å². The molecule has 3 rings (SSSR count). The number of benzene rings is 1. The van der Waals surface area contributed by atoms with E-state index in [1.807, 2.05) is 12.1 Å². The van der Waals surface area contributed by atoms with Crippen molar-refractivity contribution in [2.45, 2.75) is 38.6 Å². The number of halogens is 1. The van der Waals surface area contributed by atoms with Gasteiger partial charge in [0.05, 0.1) is 16.1 Å². The van der Waals surface area contributed by atoms with Gasteiger partial charge >= 0.3 is 5.97 Å². The van der Waals surface area contributed by atoms with Gasteiger partial charge in [-0.2, -0.15) is 0 Å². The molecule has 0 bridgehead atoms. The summed E-state index contributed by atoms with van der Waals surface area (Å²) in [6, 6.07) is 7.81. The summed E-state index contributed by atoms with van der Waals surface area (Å²) in [4.78, 5) is 18.6. The van der Waals surface area contributed by atoms with Gasteiger partial charge in [-0.15, -0.1) is 0 Å². The smallest absolute Gasteiger partial charge is 0.337 e. The lowest BCUT2D eigenvalue weighted by molar-refractivity contribution is 0.0699. The molecule has 1 aromatic heterocycles. The van der Waals surface area contributed by atoms with Crippen molar-refractivity contribution in [3.05, 3.63) is 40.5 Å². The van der Waals surface area contributed by atoms with Crippen LogP contribution >= 0.6 is 11.6 Å². The molecule has 0 atom stereocenters. The molecule has 1 fully saturated rings. The molecule has 1 N–H and O–H groups in total. The van der Waals surface area contributed by atoms with E-state index >= 15 is 0 Å². The molecule has 1 aliphatic heterocycles. The number of nitrogens with zero attached hydrogens (tertiary/aromatic N) is 2. The summed E-state index contributed by atoms with van der Waals surface area (Å²) in [7, 11) is 0. The first-order valence-corrected chi connectivity index (χ1v) is 8.41. The molecule has 0 amide bonds. The number of fused-ring (bicyclic) bond motifs is 1. The molecular formula is C18H21ClN2O2. The van der Waals surface area contributed by atoms with Gasteiger partial charge in [0.25, 0.3) is 0 Å². The Morgan fingerprint density at radius 1 is 1.26 bits per heavy atom. The van der Waals surface area contributed by atoms with Crippen LogP contribution in [0, 0.1) is 0 Å². The maximum absolute atomic E-state index is 11.4. The lowest BCUT2D eigenvalue weighted by Gasteiger charge is -2.34. The molecule has 4 nitrogen and oxygen atoms in total. The van der Waals surface area contributed by atoms with Crippen molar-refractivity contribution in [1.82, 2.24) is 9.88 Å². The van der Waals surface area contributed by atoms with Crippen molar-refractivity contribution >= 4 is 28.5 Å². The number of carbonyl (C=O) groups is 1. The maximum Gasteiger partial charge on any atom is 0.337 e. The van der Waals surface area contributed by atoms with Crippen LogP contribution in [0.5, 0.6) is 0 Å². The van der Waals surface area contributed by atoms with E-state index in [4.69, 9.17) is 16.6 Å². The van der Waals surface area contributed by atoms with Gasteiger partial charge in [0, 0.05) is 23.0 Å². The van der Waals surface area contributed by atoms with Gasteiger partial charge in [-0.25, -0.2) is 4.79 Å². The zero-order valence-electron chi connectivity index (χ0n) is 13.4. The second kappa shape index (κ2) is 6.46. The summed E-state index contributed by atoms with van der Waals surface area (Å²) in [6.07, 6.45) is 2.19. The fourth-order valence-electron chi connectivity index (χ4n) is 3.35. The third-order valence-electron chi connectivity index (χ3n) is 4.73. The molecule has 23 heavy (non-hydrogen) atoms. The number of rotatable bonds is 3. The zero-order valence-corrected chi connectivity index (χ0v) is 14.2. The minimum absolute atomic E-state index is 0.137. The molecule has 122 valence electrons. The molecule has 0 spiro atoms. The van der Waals surface area contributed by atoms with Crippen LogP contribution in [0.3, 0.4) is 0 Å². The second-order valence-electron chi connectivity index (χ2n) is 6.43. The number of aromatic nitrogens is 1. The van der Waals surface area contributed by atoms with Crippen LogP contribution in [0.15, 0.2) is 24.3 Å². The van der Waals surface area contributed by atoms with Crippen molar-refractivity contribution in [3.63, 3.8) is 0 Å². The van der Waals surface area contributed by atoms with Crippen molar-refractivity contribution < 1.29 is 9.90 Å². The molecule has 0 aliphatic carbocycles. The van der Waals surface area contributed by atoms with Gasteiger partial charge in [0.15, 0.2) is 0 Å². The van der Waals surface area contributed by atoms with Crippen molar-refractivity contribution in [2.75, 3.05) is 13.1 Å². The highest BCUT2D eigenvalue weighted by molar-refractivity contribution is 6.35. The average Bonchev–Trinajstić information content (AvgIpc) is 2.54. The van der Waals surface area contributed by atoms with Crippen LogP contribution in [-0.4, -0.2) is 40.1 Å². The number of pyridine rings is 1. The Balaban J connectivity index is 1.90. The number of carboxylic acid groups (broad SMARTS) is 1. The average molecular weight is 333 g/mol. The number of aromatic carboxylic acids is 1. The fraction of sp³-hybridized carbons (Fsp3) is 0.444. The quantitative estimate of drug-likeness (QED) is 0.916. The number of hydrogen-bond donors (Lipinski definition) is 1. The molecule has 1 aromatic carbocycles. The Bertz CT molecular complexity index is 737. The van der Waals surface area contributed by atoms with E-state index in [0.29, 0.717) is 22.9 Å². The van der Waals surface area contributed by atoms with E-state index in [9.17, 15) is 9.90 Å². The minimum atomic E-state index is -1.01. The topological polar surface area (TPSA) is 53.4 Å². The Labute approximate surface area is 141 Å². The van der Waals surface area contributed by atoms with Gasteiger partial charge in [0.2, 0.25) is 0 Å². The van der Waals surface area contributed by atoms with Crippen LogP contribution in [0.2, 0.25) is 5.02 Å². The number of likely N-dealkylation sites (tertiary alicyclic amines) is 1. The minimum Gasteiger partial charge on any atom is -0.478 e. The van der Waals surface area contributed by atoms with Crippen molar-refractivity contribution in [2.24, 2.45) is 0 Å². The highest BCUT2D eigenvalue weighted by Crippen LogP contribution is 2.31. The normalized spacial score (nSPS) is 17.0. The highest BCUT2D eigenvalue weighted by atomic mass is 35.5. The zero-order chi connectivity index (χ0) is 16.6. The molecule has 0 unspecified atom stereocenters. The largest absolute Gasteiger partial charge is 0.478 e. The standard InChI is InChI=1S/C18H21ClN2O2/c1-11(2)21-9-7-12(8-10-21)15-5-3-13-16(20-15)6-4-14(19)17(13)18(22)23/h3-6,11-12H,7-10H2,1-2H3,(H,22,23). The summed E-state index contributed by atoms with van der Waals surface area (Å²) < 4.78 is 0. The van der Waals surface area contributed by atoms with Gasteiger partial charge in [-0.05, 0) is 58.0 Å². The van der Waals surface area contributed by atoms with Crippen molar-refractivity contribution in [3.8, 4) is 0 Å². The third kappa shape index (κ3) is 3.19. The Kier molecular flexibility index (Phi) is 4.55. The van der Waals surface area contributed by atoms with Gasteiger partial charge in [0.1, 0.15) is 0 Å².